The third-order valence-corrected chi connectivity index (χ3v) is 4.62. The molecule has 1 aliphatic rings. The van der Waals surface area contributed by atoms with Crippen molar-refractivity contribution < 1.29 is 39.7 Å². The standard InChI is InChI=1S/C16H32O8/c1-8(5-17)16(23-12(6-18)10(3)20)24-15-13(7-19)22-11(4)9(2)14(15)21/h8-21H,5-7H2,1-4H3/t8-,9?,10-,11?,12?,13?,14+,15+,16-/m0/s1. The maximum atomic E-state index is 10.5. The molecule has 1 saturated heterocycles. The minimum Gasteiger partial charge on any atom is -0.396 e. The molecule has 8 heteroatoms. The van der Waals surface area contributed by atoms with Crippen LogP contribution in [0.2, 0.25) is 0 Å². The second-order valence-electron chi connectivity index (χ2n) is 6.64. The van der Waals surface area contributed by atoms with Crippen LogP contribution in [0.5, 0.6) is 0 Å². The highest BCUT2D eigenvalue weighted by molar-refractivity contribution is 4.90. The number of hydrogen-bond donors (Lipinski definition) is 5. The van der Waals surface area contributed by atoms with E-state index in [2.05, 4.69) is 0 Å². The van der Waals surface area contributed by atoms with E-state index < -0.39 is 49.3 Å². The maximum absolute atomic E-state index is 10.5. The van der Waals surface area contributed by atoms with E-state index in [4.69, 9.17) is 14.2 Å². The van der Waals surface area contributed by atoms with Gasteiger partial charge in [0.2, 0.25) is 0 Å². The molecule has 0 bridgehead atoms. The van der Waals surface area contributed by atoms with Crippen LogP contribution in [-0.2, 0) is 14.2 Å². The predicted octanol–water partition coefficient (Wildman–Crippen LogP) is -1.14. The predicted molar refractivity (Wildman–Crippen MR) is 85.1 cm³/mol. The van der Waals surface area contributed by atoms with Crippen LogP contribution in [0, 0.1) is 11.8 Å². The van der Waals surface area contributed by atoms with Gasteiger partial charge in [-0.3, -0.25) is 0 Å². The first-order valence-corrected chi connectivity index (χ1v) is 8.41. The Kier molecular flexibility index (Phi) is 9.03. The monoisotopic (exact) mass is 352 g/mol. The summed E-state index contributed by atoms with van der Waals surface area (Å²) in [6.07, 6.45) is -5.53. The molecular weight excluding hydrogens is 320 g/mol. The molecule has 0 amide bonds. The number of aliphatic hydroxyl groups excluding tert-OH is 5. The molecule has 1 fully saturated rings. The van der Waals surface area contributed by atoms with Crippen molar-refractivity contribution in [2.45, 2.75) is 70.6 Å². The lowest BCUT2D eigenvalue weighted by Crippen LogP contribution is -2.57. The van der Waals surface area contributed by atoms with Crippen LogP contribution in [0.1, 0.15) is 27.7 Å². The molecule has 0 radical (unpaired) electrons. The summed E-state index contributed by atoms with van der Waals surface area (Å²) in [5.74, 6) is -0.688. The van der Waals surface area contributed by atoms with Gasteiger partial charge in [0.25, 0.3) is 0 Å². The molecule has 4 unspecified atom stereocenters. The highest BCUT2D eigenvalue weighted by Gasteiger charge is 2.44. The van der Waals surface area contributed by atoms with Crippen molar-refractivity contribution >= 4 is 0 Å². The Hall–Kier alpha value is -0.320. The van der Waals surface area contributed by atoms with Gasteiger partial charge in [0.05, 0.1) is 38.1 Å². The molecular formula is C16H32O8. The zero-order chi connectivity index (χ0) is 18.4. The van der Waals surface area contributed by atoms with E-state index in [0.717, 1.165) is 0 Å². The van der Waals surface area contributed by atoms with Crippen LogP contribution in [0.3, 0.4) is 0 Å². The summed E-state index contributed by atoms with van der Waals surface area (Å²) in [7, 11) is 0. The van der Waals surface area contributed by atoms with Gasteiger partial charge in [-0.15, -0.1) is 0 Å². The van der Waals surface area contributed by atoms with Gasteiger partial charge in [-0.25, -0.2) is 0 Å². The molecule has 1 heterocycles. The van der Waals surface area contributed by atoms with E-state index in [1.807, 2.05) is 13.8 Å². The first-order valence-electron chi connectivity index (χ1n) is 8.41. The molecule has 8 nitrogen and oxygen atoms in total. The van der Waals surface area contributed by atoms with Gasteiger partial charge in [0.15, 0.2) is 6.29 Å². The number of hydrogen-bond acceptors (Lipinski definition) is 8. The Morgan fingerprint density at radius 2 is 1.71 bits per heavy atom. The van der Waals surface area contributed by atoms with Crippen molar-refractivity contribution in [1.82, 2.24) is 0 Å². The Morgan fingerprint density at radius 3 is 2.17 bits per heavy atom. The van der Waals surface area contributed by atoms with Crippen LogP contribution in [0.25, 0.3) is 0 Å². The third kappa shape index (κ3) is 5.34. The summed E-state index contributed by atoms with van der Waals surface area (Å²) >= 11 is 0. The first-order chi connectivity index (χ1) is 11.3. The van der Waals surface area contributed by atoms with Crippen molar-refractivity contribution in [1.29, 1.82) is 0 Å². The Balaban J connectivity index is 2.90. The van der Waals surface area contributed by atoms with E-state index in [0.29, 0.717) is 0 Å². The van der Waals surface area contributed by atoms with Crippen LogP contribution in [-0.4, -0.2) is 88.3 Å². The average Bonchev–Trinajstić information content (AvgIpc) is 2.56. The topological polar surface area (TPSA) is 129 Å². The van der Waals surface area contributed by atoms with E-state index >= 15 is 0 Å². The summed E-state index contributed by atoms with van der Waals surface area (Å²) in [5.41, 5.74) is 0. The average molecular weight is 352 g/mol. The van der Waals surface area contributed by atoms with Crippen LogP contribution < -0.4 is 0 Å². The van der Waals surface area contributed by atoms with Crippen LogP contribution in [0.15, 0.2) is 0 Å². The van der Waals surface area contributed by atoms with Gasteiger partial charge < -0.3 is 39.7 Å². The van der Waals surface area contributed by atoms with Gasteiger partial charge in [0, 0.05) is 11.8 Å². The first kappa shape index (κ1) is 21.7. The maximum Gasteiger partial charge on any atom is 0.163 e. The van der Waals surface area contributed by atoms with Gasteiger partial charge >= 0.3 is 0 Å². The molecule has 0 spiro atoms. The van der Waals surface area contributed by atoms with Crippen molar-refractivity contribution in [2.24, 2.45) is 11.8 Å². The molecule has 0 aromatic heterocycles. The van der Waals surface area contributed by atoms with Crippen molar-refractivity contribution in [3.8, 4) is 0 Å². The second-order valence-corrected chi connectivity index (χ2v) is 6.64. The van der Waals surface area contributed by atoms with Crippen LogP contribution in [0.4, 0.5) is 0 Å². The summed E-state index contributed by atoms with van der Waals surface area (Å²) in [5, 5.41) is 48.4. The fraction of sp³-hybridized carbons (Fsp3) is 1.00. The lowest BCUT2D eigenvalue weighted by atomic mass is 9.88. The number of ether oxygens (including phenoxy) is 3. The quantitative estimate of drug-likeness (QED) is 0.329. The highest BCUT2D eigenvalue weighted by atomic mass is 16.7. The minimum atomic E-state index is -0.986. The van der Waals surface area contributed by atoms with Gasteiger partial charge in [-0.1, -0.05) is 13.8 Å². The summed E-state index contributed by atoms with van der Waals surface area (Å²) < 4.78 is 17.1. The summed E-state index contributed by atoms with van der Waals surface area (Å²) in [6.45, 7) is 5.78. The SMILES string of the molecule is CC1OC(CO)[C@@H](O[C@H](OC(CO)[C@H](C)O)[C@@H](C)CO)[C@H](O)C1C. The Morgan fingerprint density at radius 1 is 1.08 bits per heavy atom. The van der Waals surface area contributed by atoms with Crippen molar-refractivity contribution in [2.75, 3.05) is 19.8 Å². The normalized spacial score (nSPS) is 36.1. The van der Waals surface area contributed by atoms with E-state index in [1.165, 1.54) is 6.92 Å². The zero-order valence-electron chi connectivity index (χ0n) is 14.8. The van der Waals surface area contributed by atoms with Gasteiger partial charge in [-0.05, 0) is 13.8 Å². The van der Waals surface area contributed by atoms with Crippen LogP contribution >= 0.6 is 0 Å². The molecule has 144 valence electrons. The smallest absolute Gasteiger partial charge is 0.163 e. The van der Waals surface area contributed by atoms with E-state index in [1.54, 1.807) is 6.92 Å². The molecule has 1 aliphatic heterocycles. The number of aliphatic hydroxyl groups is 5. The summed E-state index contributed by atoms with van der Waals surface area (Å²) in [4.78, 5) is 0. The summed E-state index contributed by atoms with van der Waals surface area (Å²) in [6, 6.07) is 0. The molecule has 9 atom stereocenters. The Labute approximate surface area is 143 Å². The fourth-order valence-corrected chi connectivity index (χ4v) is 2.61. The lowest BCUT2D eigenvalue weighted by Gasteiger charge is -2.44. The van der Waals surface area contributed by atoms with Gasteiger partial charge in [0.1, 0.15) is 18.3 Å². The zero-order valence-corrected chi connectivity index (χ0v) is 14.8. The fourth-order valence-electron chi connectivity index (χ4n) is 2.61. The van der Waals surface area contributed by atoms with Crippen molar-refractivity contribution in [3.63, 3.8) is 0 Å². The molecule has 0 aliphatic carbocycles. The number of rotatable bonds is 9. The molecule has 24 heavy (non-hydrogen) atoms. The van der Waals surface area contributed by atoms with E-state index in [-0.39, 0.29) is 25.2 Å². The minimum absolute atomic E-state index is 0.215. The molecule has 0 saturated carbocycles. The largest absolute Gasteiger partial charge is 0.396 e. The van der Waals surface area contributed by atoms with Crippen molar-refractivity contribution in [3.05, 3.63) is 0 Å². The molecule has 1 rings (SSSR count). The molecule has 0 aromatic rings. The molecule has 0 aromatic carbocycles. The van der Waals surface area contributed by atoms with Gasteiger partial charge in [-0.2, -0.15) is 0 Å². The lowest BCUT2D eigenvalue weighted by molar-refractivity contribution is -0.295. The third-order valence-electron chi connectivity index (χ3n) is 4.62. The second kappa shape index (κ2) is 9.98. The molecule has 5 N–H and O–H groups in total. The highest BCUT2D eigenvalue weighted by Crippen LogP contribution is 2.30. The Bertz CT molecular complexity index is 351. The van der Waals surface area contributed by atoms with E-state index in [9.17, 15) is 25.5 Å².